The molecule has 9 nitrogen and oxygen atoms in total. The van der Waals surface area contributed by atoms with Crippen LogP contribution in [0, 0.1) is 5.82 Å². The number of fused-ring (bicyclic) bond motifs is 1. The number of halogens is 2. The van der Waals surface area contributed by atoms with Crippen LogP contribution in [-0.4, -0.2) is 50.5 Å². The zero-order valence-electron chi connectivity index (χ0n) is 22.7. The highest BCUT2D eigenvalue weighted by atomic mass is 35.5. The van der Waals surface area contributed by atoms with Crippen molar-refractivity contribution in [1.29, 1.82) is 0 Å². The zero-order chi connectivity index (χ0) is 29.0. The van der Waals surface area contributed by atoms with Crippen LogP contribution in [0.5, 0.6) is 11.6 Å². The Hall–Kier alpha value is -3.57. The summed E-state index contributed by atoms with van der Waals surface area (Å²) in [4.78, 5) is 11.7. The Morgan fingerprint density at radius 1 is 1.27 bits per heavy atom. The fourth-order valence-electron chi connectivity index (χ4n) is 4.45. The Labute approximate surface area is 238 Å². The minimum Gasteiger partial charge on any atom is -0.486 e. The second kappa shape index (κ2) is 12.3. The van der Waals surface area contributed by atoms with E-state index in [2.05, 4.69) is 5.10 Å². The molecule has 40 heavy (non-hydrogen) atoms. The first-order valence-corrected chi connectivity index (χ1v) is 14.6. The second-order valence-corrected chi connectivity index (χ2v) is 11.4. The van der Waals surface area contributed by atoms with Gasteiger partial charge in [-0.2, -0.15) is 0 Å². The van der Waals surface area contributed by atoms with E-state index in [9.17, 15) is 17.6 Å². The second-order valence-electron chi connectivity index (χ2n) is 9.13. The molecule has 0 saturated carbocycles. The first-order chi connectivity index (χ1) is 19.1. The first kappa shape index (κ1) is 29.4. The first-order valence-electron chi connectivity index (χ1n) is 12.8. The van der Waals surface area contributed by atoms with Crippen LogP contribution in [0.25, 0.3) is 11.6 Å². The number of carbonyl (C=O) groups excluding carboxylic acids is 1. The number of benzene rings is 2. The molecule has 0 bridgehead atoms. The molecule has 12 heteroatoms. The highest BCUT2D eigenvalue weighted by molar-refractivity contribution is 7.93. The summed E-state index contributed by atoms with van der Waals surface area (Å²) in [6, 6.07) is 9.52. The molecule has 0 fully saturated rings. The summed E-state index contributed by atoms with van der Waals surface area (Å²) in [5.74, 6) is -0.556. The maximum atomic E-state index is 14.5. The van der Waals surface area contributed by atoms with E-state index in [1.165, 1.54) is 34.4 Å². The van der Waals surface area contributed by atoms with Crippen LogP contribution in [0.4, 0.5) is 10.1 Å². The summed E-state index contributed by atoms with van der Waals surface area (Å²) in [6.45, 7) is 5.94. The summed E-state index contributed by atoms with van der Waals surface area (Å²) in [5, 5.41) is 4.54. The van der Waals surface area contributed by atoms with E-state index in [1.54, 1.807) is 44.2 Å². The fourth-order valence-corrected chi connectivity index (χ4v) is 6.34. The van der Waals surface area contributed by atoms with Gasteiger partial charge in [0, 0.05) is 24.7 Å². The third-order valence-electron chi connectivity index (χ3n) is 6.42. The van der Waals surface area contributed by atoms with Gasteiger partial charge in [-0.1, -0.05) is 29.8 Å². The Kier molecular flexibility index (Phi) is 9.05. The molecule has 1 atom stereocenters. The molecular weight excluding hydrogens is 561 g/mol. The highest BCUT2D eigenvalue weighted by Gasteiger charge is 2.38. The van der Waals surface area contributed by atoms with Crippen molar-refractivity contribution in [1.82, 2.24) is 9.78 Å². The number of rotatable bonds is 10. The van der Waals surface area contributed by atoms with Gasteiger partial charge in [-0.25, -0.2) is 12.8 Å². The van der Waals surface area contributed by atoms with E-state index < -0.39 is 27.9 Å². The fraction of sp³-hybridized carbons (Fsp3) is 0.357. The number of aryl methyl sites for hydroxylation is 1. The van der Waals surface area contributed by atoms with Crippen LogP contribution in [0.2, 0.25) is 5.02 Å². The van der Waals surface area contributed by atoms with Crippen LogP contribution < -0.4 is 13.8 Å². The molecule has 0 saturated heterocycles. The number of ether oxygens (including phenoxy) is 3. The molecule has 2 heterocycles. The molecule has 1 unspecified atom stereocenters. The molecule has 2 aromatic carbocycles. The largest absolute Gasteiger partial charge is 0.486 e. The van der Waals surface area contributed by atoms with Gasteiger partial charge in [-0.05, 0) is 62.6 Å². The number of hydrogen-bond donors (Lipinski definition) is 0. The summed E-state index contributed by atoms with van der Waals surface area (Å²) in [7, 11) is -2.88. The summed E-state index contributed by atoms with van der Waals surface area (Å²) >= 11 is 6.25. The van der Waals surface area contributed by atoms with Crippen LogP contribution in [0.3, 0.4) is 0 Å². The van der Waals surface area contributed by atoms with Gasteiger partial charge in [0.2, 0.25) is 0 Å². The lowest BCUT2D eigenvalue weighted by molar-refractivity contribution is -0.141. The molecule has 0 aliphatic carbocycles. The summed E-state index contributed by atoms with van der Waals surface area (Å²) in [6.07, 6.45) is 2.86. The standard InChI is InChI=1S/C28H31ClFN3O6S/c1-5-32-17-25(28(31-32)38-6-2)40(35,36)33-16-20(11-13-26(34)37-4)39-24-12-10-19(15-23(24)33)14-18(3)27-21(29)8-7-9-22(27)30/h7-10,12,14-15,17,20H,5-6,11,13,16H2,1-4H3/b18-14+. The normalized spacial score (nSPS) is 15.4. The zero-order valence-corrected chi connectivity index (χ0v) is 24.3. The SMILES string of the molecule is CCOc1nn(CC)cc1S(=O)(=O)N1CC(CCC(=O)OC)Oc2ccc(/C=C(\C)c3c(F)cccc3Cl)cc21. The Bertz CT molecular complexity index is 1520. The molecule has 0 N–H and O–H groups in total. The third-order valence-corrected chi connectivity index (χ3v) is 8.50. The number of nitrogens with zero attached hydrogens (tertiary/aromatic N) is 3. The molecule has 0 spiro atoms. The van der Waals surface area contributed by atoms with Crippen molar-refractivity contribution in [3.8, 4) is 11.6 Å². The molecule has 4 rings (SSSR count). The van der Waals surface area contributed by atoms with Gasteiger partial charge in [-0.15, -0.1) is 5.10 Å². The molecule has 1 aliphatic rings. The lowest BCUT2D eigenvalue weighted by Crippen LogP contribution is -2.43. The van der Waals surface area contributed by atoms with Crippen LogP contribution in [-0.2, 0) is 26.1 Å². The van der Waals surface area contributed by atoms with Crippen molar-refractivity contribution in [2.75, 3.05) is 24.6 Å². The molecule has 1 aliphatic heterocycles. The van der Waals surface area contributed by atoms with Crippen LogP contribution >= 0.6 is 11.6 Å². The van der Waals surface area contributed by atoms with Crippen molar-refractivity contribution in [2.45, 2.75) is 51.2 Å². The van der Waals surface area contributed by atoms with Gasteiger partial charge < -0.3 is 14.2 Å². The van der Waals surface area contributed by atoms with E-state index in [0.29, 0.717) is 29.1 Å². The minimum atomic E-state index is -4.18. The Morgan fingerprint density at radius 3 is 2.73 bits per heavy atom. The van der Waals surface area contributed by atoms with E-state index >= 15 is 0 Å². The number of aromatic nitrogens is 2. The quantitative estimate of drug-likeness (QED) is 0.225. The van der Waals surface area contributed by atoms with Gasteiger partial charge in [0.25, 0.3) is 15.9 Å². The maximum absolute atomic E-state index is 14.5. The molecule has 214 valence electrons. The maximum Gasteiger partial charge on any atom is 0.305 e. The van der Waals surface area contributed by atoms with E-state index in [-0.39, 0.29) is 47.4 Å². The average molecular weight is 592 g/mol. The predicted molar refractivity (Wildman–Crippen MR) is 151 cm³/mol. The topological polar surface area (TPSA) is 100.0 Å². The number of anilines is 1. The van der Waals surface area contributed by atoms with E-state index in [0.717, 1.165) is 0 Å². The van der Waals surface area contributed by atoms with Gasteiger partial charge in [0.15, 0.2) is 4.90 Å². The summed E-state index contributed by atoms with van der Waals surface area (Å²) < 4.78 is 61.9. The van der Waals surface area contributed by atoms with Gasteiger partial charge in [0.1, 0.15) is 17.7 Å². The molecule has 3 aromatic rings. The lowest BCUT2D eigenvalue weighted by Gasteiger charge is -2.35. The number of allylic oxidation sites excluding steroid dienone is 1. The van der Waals surface area contributed by atoms with Crippen LogP contribution in [0.15, 0.2) is 47.5 Å². The van der Waals surface area contributed by atoms with Gasteiger partial charge in [0.05, 0.1) is 31.0 Å². The Morgan fingerprint density at radius 2 is 2.05 bits per heavy atom. The number of hydrogen-bond acceptors (Lipinski definition) is 7. The molecule has 0 radical (unpaired) electrons. The van der Waals surface area contributed by atoms with E-state index in [4.69, 9.17) is 25.8 Å². The average Bonchev–Trinajstić information content (AvgIpc) is 3.35. The van der Waals surface area contributed by atoms with Crippen molar-refractivity contribution in [3.05, 3.63) is 64.6 Å². The van der Waals surface area contributed by atoms with Crippen molar-refractivity contribution < 1.29 is 31.8 Å². The number of esters is 1. The van der Waals surface area contributed by atoms with Crippen molar-refractivity contribution in [2.24, 2.45) is 0 Å². The molecule has 0 amide bonds. The smallest absolute Gasteiger partial charge is 0.305 e. The van der Waals surface area contributed by atoms with Crippen LogP contribution in [0.1, 0.15) is 44.7 Å². The molecule has 1 aromatic heterocycles. The monoisotopic (exact) mass is 591 g/mol. The number of sulfonamides is 1. The third kappa shape index (κ3) is 6.10. The lowest BCUT2D eigenvalue weighted by atomic mass is 10.0. The molecular formula is C28H31ClFN3O6S. The van der Waals surface area contributed by atoms with Gasteiger partial charge in [-0.3, -0.25) is 13.8 Å². The van der Waals surface area contributed by atoms with E-state index in [1.807, 2.05) is 6.92 Å². The Balaban J connectivity index is 1.80. The van der Waals surface area contributed by atoms with Gasteiger partial charge >= 0.3 is 5.97 Å². The number of carbonyl (C=O) groups is 1. The van der Waals surface area contributed by atoms with Crippen molar-refractivity contribution >= 4 is 44.9 Å². The number of methoxy groups -OCH3 is 1. The minimum absolute atomic E-state index is 0.00425. The highest BCUT2D eigenvalue weighted by Crippen LogP contribution is 2.41. The summed E-state index contributed by atoms with van der Waals surface area (Å²) in [5.41, 5.74) is 1.73. The van der Waals surface area contributed by atoms with Crippen molar-refractivity contribution in [3.63, 3.8) is 0 Å². The predicted octanol–water partition coefficient (Wildman–Crippen LogP) is 5.56.